The van der Waals surface area contributed by atoms with E-state index in [4.69, 9.17) is 0 Å². The zero-order chi connectivity index (χ0) is 10.9. The van der Waals surface area contributed by atoms with Crippen LogP contribution in [0.5, 0.6) is 0 Å². The molecule has 0 N–H and O–H groups in total. The zero-order valence-electron chi connectivity index (χ0n) is 7.77. The lowest BCUT2D eigenvalue weighted by Gasteiger charge is -2.08. The van der Waals surface area contributed by atoms with Crippen molar-refractivity contribution in [3.63, 3.8) is 0 Å². The first-order chi connectivity index (χ1) is 6.32. The fourth-order valence-corrected chi connectivity index (χ4v) is 1.70. The number of carbonyl (C=O) groups is 1. The topological polar surface area (TPSA) is 74.3 Å². The summed E-state index contributed by atoms with van der Waals surface area (Å²) in [4.78, 5) is 10.6. The van der Waals surface area contributed by atoms with Crippen molar-refractivity contribution < 1.29 is 18.3 Å². The van der Waals surface area contributed by atoms with E-state index in [9.17, 15) is 18.3 Å². The second kappa shape index (κ2) is 3.42. The van der Waals surface area contributed by atoms with Crippen LogP contribution in [-0.4, -0.2) is 20.6 Å². The van der Waals surface area contributed by atoms with Crippen molar-refractivity contribution in [2.45, 2.75) is 11.8 Å². The molecule has 1 rings (SSSR count). The summed E-state index contributed by atoms with van der Waals surface area (Å²) < 4.78 is 22.2. The Morgan fingerprint density at radius 3 is 2.36 bits per heavy atom. The van der Waals surface area contributed by atoms with Gasteiger partial charge in [-0.05, 0) is 24.6 Å². The van der Waals surface area contributed by atoms with Gasteiger partial charge < -0.3 is 9.90 Å². The van der Waals surface area contributed by atoms with Crippen molar-refractivity contribution in [2.24, 2.45) is 0 Å². The maximum absolute atomic E-state index is 11.1. The summed E-state index contributed by atoms with van der Waals surface area (Å²) in [5.74, 6) is -1.37. The molecule has 5 heteroatoms. The fourth-order valence-electron chi connectivity index (χ4n) is 1.05. The minimum atomic E-state index is -3.37. The van der Waals surface area contributed by atoms with E-state index in [0.717, 1.165) is 12.3 Å². The predicted molar refractivity (Wildman–Crippen MR) is 48.6 cm³/mol. The molecule has 14 heavy (non-hydrogen) atoms. The Morgan fingerprint density at radius 1 is 1.36 bits per heavy atom. The summed E-state index contributed by atoms with van der Waals surface area (Å²) in [6.07, 6.45) is 1.02. The van der Waals surface area contributed by atoms with E-state index in [1.54, 1.807) is 6.92 Å². The van der Waals surface area contributed by atoms with E-state index in [1.165, 1.54) is 12.1 Å². The van der Waals surface area contributed by atoms with Gasteiger partial charge in [-0.25, -0.2) is 8.42 Å². The average molecular weight is 213 g/mol. The molecule has 0 heterocycles. The molecule has 76 valence electrons. The summed E-state index contributed by atoms with van der Waals surface area (Å²) in [6, 6.07) is 3.93. The standard InChI is InChI=1S/C9H10O4S/c1-6-3-4-7(14(2,12)13)5-8(6)9(10)11/h3-5H,1-2H3,(H,10,11)/p-1. The van der Waals surface area contributed by atoms with Crippen LogP contribution in [0.25, 0.3) is 0 Å². The smallest absolute Gasteiger partial charge is 0.175 e. The van der Waals surface area contributed by atoms with Crippen molar-refractivity contribution in [3.05, 3.63) is 29.3 Å². The van der Waals surface area contributed by atoms with Gasteiger partial charge in [0.1, 0.15) is 0 Å². The Labute approximate surface area is 82.1 Å². The number of hydrogen-bond donors (Lipinski definition) is 0. The quantitative estimate of drug-likeness (QED) is 0.679. The van der Waals surface area contributed by atoms with Crippen molar-refractivity contribution >= 4 is 15.8 Å². The second-order valence-corrected chi connectivity index (χ2v) is 5.05. The molecule has 0 aliphatic rings. The highest BCUT2D eigenvalue weighted by atomic mass is 32.2. The molecule has 1 aromatic rings. The highest BCUT2D eigenvalue weighted by molar-refractivity contribution is 7.90. The number of carbonyl (C=O) groups excluding carboxylic acids is 1. The zero-order valence-corrected chi connectivity index (χ0v) is 8.59. The molecule has 0 unspecified atom stereocenters. The van der Waals surface area contributed by atoms with E-state index < -0.39 is 15.8 Å². The summed E-state index contributed by atoms with van der Waals surface area (Å²) in [6.45, 7) is 1.58. The summed E-state index contributed by atoms with van der Waals surface area (Å²) in [7, 11) is -3.37. The maximum atomic E-state index is 11.1. The van der Waals surface area contributed by atoms with E-state index in [1.807, 2.05) is 0 Å². The largest absolute Gasteiger partial charge is 0.545 e. The molecule has 0 saturated heterocycles. The van der Waals surface area contributed by atoms with Crippen LogP contribution < -0.4 is 5.11 Å². The number of aryl methyl sites for hydroxylation is 1. The summed E-state index contributed by atoms with van der Waals surface area (Å²) >= 11 is 0. The van der Waals surface area contributed by atoms with Gasteiger partial charge in [0.05, 0.1) is 10.9 Å². The molecule has 4 nitrogen and oxygen atoms in total. The Kier molecular flexibility index (Phi) is 2.62. The lowest BCUT2D eigenvalue weighted by atomic mass is 10.1. The van der Waals surface area contributed by atoms with E-state index in [0.29, 0.717) is 5.56 Å². The van der Waals surface area contributed by atoms with Gasteiger partial charge >= 0.3 is 0 Å². The monoisotopic (exact) mass is 213 g/mol. The van der Waals surface area contributed by atoms with Crippen LogP contribution in [0, 0.1) is 6.92 Å². The highest BCUT2D eigenvalue weighted by Gasteiger charge is 2.09. The Hall–Kier alpha value is -1.36. The van der Waals surface area contributed by atoms with Gasteiger partial charge in [-0.2, -0.15) is 0 Å². The molecule has 0 spiro atoms. The van der Waals surface area contributed by atoms with Crippen LogP contribution in [0.2, 0.25) is 0 Å². The van der Waals surface area contributed by atoms with Gasteiger partial charge in [0.15, 0.2) is 9.84 Å². The van der Waals surface area contributed by atoms with Crippen molar-refractivity contribution in [1.29, 1.82) is 0 Å². The van der Waals surface area contributed by atoms with Crippen LogP contribution in [0.1, 0.15) is 15.9 Å². The number of sulfone groups is 1. The highest BCUT2D eigenvalue weighted by Crippen LogP contribution is 2.14. The van der Waals surface area contributed by atoms with Gasteiger partial charge in [0, 0.05) is 11.8 Å². The minimum absolute atomic E-state index is 0.0118. The fraction of sp³-hybridized carbons (Fsp3) is 0.222. The number of benzene rings is 1. The number of carboxylic acid groups (broad SMARTS) is 1. The predicted octanol–water partition coefficient (Wildman–Crippen LogP) is -0.238. The first-order valence-electron chi connectivity index (χ1n) is 3.84. The summed E-state index contributed by atoms with van der Waals surface area (Å²) in [5, 5.41) is 10.6. The number of aromatic carboxylic acids is 1. The van der Waals surface area contributed by atoms with Crippen LogP contribution in [-0.2, 0) is 9.84 Å². The van der Waals surface area contributed by atoms with Crippen LogP contribution in [0.3, 0.4) is 0 Å². The van der Waals surface area contributed by atoms with Gasteiger partial charge in [-0.3, -0.25) is 0 Å². The first-order valence-corrected chi connectivity index (χ1v) is 5.73. The van der Waals surface area contributed by atoms with Crippen molar-refractivity contribution in [3.8, 4) is 0 Å². The van der Waals surface area contributed by atoms with E-state index >= 15 is 0 Å². The van der Waals surface area contributed by atoms with Gasteiger partial charge in [-0.1, -0.05) is 6.07 Å². The average Bonchev–Trinajstić information content (AvgIpc) is 2.02. The Balaban J connectivity index is 3.42. The normalized spacial score (nSPS) is 11.3. The van der Waals surface area contributed by atoms with Crippen molar-refractivity contribution in [1.82, 2.24) is 0 Å². The Bertz CT molecular complexity index is 474. The van der Waals surface area contributed by atoms with Gasteiger partial charge in [-0.15, -0.1) is 0 Å². The molecule has 0 radical (unpaired) electrons. The number of carboxylic acids is 1. The molecule has 0 atom stereocenters. The van der Waals surface area contributed by atoms with Crippen LogP contribution in [0.15, 0.2) is 23.1 Å². The molecule has 0 aromatic heterocycles. The minimum Gasteiger partial charge on any atom is -0.545 e. The SMILES string of the molecule is Cc1ccc(S(C)(=O)=O)cc1C(=O)[O-]. The molecule has 0 aliphatic carbocycles. The molecular formula is C9H9O4S-. The third-order valence-electron chi connectivity index (χ3n) is 1.86. The Morgan fingerprint density at radius 2 is 1.93 bits per heavy atom. The van der Waals surface area contributed by atoms with Crippen LogP contribution in [0.4, 0.5) is 0 Å². The molecule has 0 amide bonds. The lowest BCUT2D eigenvalue weighted by molar-refractivity contribution is -0.255. The molecule has 1 aromatic carbocycles. The molecule has 0 fully saturated rings. The lowest BCUT2D eigenvalue weighted by Crippen LogP contribution is -2.23. The molecule has 0 aliphatic heterocycles. The van der Waals surface area contributed by atoms with Gasteiger partial charge in [0.2, 0.25) is 0 Å². The second-order valence-electron chi connectivity index (χ2n) is 3.04. The maximum Gasteiger partial charge on any atom is 0.175 e. The molecule has 0 bridgehead atoms. The van der Waals surface area contributed by atoms with E-state index in [2.05, 4.69) is 0 Å². The van der Waals surface area contributed by atoms with Crippen LogP contribution >= 0.6 is 0 Å². The number of hydrogen-bond acceptors (Lipinski definition) is 4. The van der Waals surface area contributed by atoms with Crippen molar-refractivity contribution in [2.75, 3.05) is 6.26 Å². The number of rotatable bonds is 2. The third kappa shape index (κ3) is 2.11. The van der Waals surface area contributed by atoms with E-state index in [-0.39, 0.29) is 10.5 Å². The first kappa shape index (κ1) is 10.7. The molecular weight excluding hydrogens is 204 g/mol. The summed E-state index contributed by atoms with van der Waals surface area (Å²) in [5.41, 5.74) is 0.394. The van der Waals surface area contributed by atoms with Gasteiger partial charge in [0.25, 0.3) is 0 Å². The molecule has 0 saturated carbocycles. The third-order valence-corrected chi connectivity index (χ3v) is 2.97.